The number of hydrogen-bond acceptors (Lipinski definition) is 8. The van der Waals surface area contributed by atoms with Crippen LogP contribution in [0.1, 0.15) is 55.4 Å². The molecule has 0 amide bonds. The zero-order chi connectivity index (χ0) is 32.3. The average molecular weight is 926 g/mol. The zero-order valence-electron chi connectivity index (χ0n) is 28.2. The van der Waals surface area contributed by atoms with Crippen molar-refractivity contribution in [2.75, 3.05) is 52.4 Å². The maximum Gasteiger partial charge on any atom is 0.247 e. The van der Waals surface area contributed by atoms with E-state index >= 15 is 0 Å². The molecule has 3 aromatic rings. The molecule has 270 valence electrons. The Morgan fingerprint density at radius 1 is 0.447 bits per heavy atom. The number of rotatable bonds is 13. The Morgan fingerprint density at radius 3 is 1.15 bits per heavy atom. The highest BCUT2D eigenvalue weighted by atomic mass is 79.9. The molecule has 0 saturated carbocycles. The lowest BCUT2D eigenvalue weighted by Gasteiger charge is -2.26. The van der Waals surface area contributed by atoms with Crippen molar-refractivity contribution in [2.24, 2.45) is 0 Å². The molecule has 0 saturated heterocycles. The van der Waals surface area contributed by atoms with E-state index in [1.165, 1.54) is 0 Å². The van der Waals surface area contributed by atoms with Crippen molar-refractivity contribution in [3.63, 3.8) is 0 Å². The topological polar surface area (TPSA) is 169 Å². The van der Waals surface area contributed by atoms with Gasteiger partial charge in [-0.25, -0.2) is 0 Å². The van der Waals surface area contributed by atoms with Crippen LogP contribution in [-0.2, 0) is 0 Å². The second-order valence-corrected chi connectivity index (χ2v) is 10.7. The summed E-state index contributed by atoms with van der Waals surface area (Å²) in [5.41, 5.74) is -0.209. The monoisotopic (exact) mass is 922 g/mol. The molecule has 0 atom stereocenters. The van der Waals surface area contributed by atoms with Gasteiger partial charge in [-0.2, -0.15) is 0 Å². The van der Waals surface area contributed by atoms with Gasteiger partial charge in [0.05, 0.1) is 52.4 Å². The molecule has 12 nitrogen and oxygen atoms in total. The molecule has 1 aromatic heterocycles. The van der Waals surface area contributed by atoms with Crippen molar-refractivity contribution in [1.82, 2.24) is 0 Å². The lowest BCUT2D eigenvalue weighted by atomic mass is 9.99. The molecule has 3 rings (SSSR count). The van der Waals surface area contributed by atoms with Crippen LogP contribution in [0.25, 0.3) is 22.3 Å². The van der Waals surface area contributed by atoms with Gasteiger partial charge in [0, 0.05) is 0 Å². The van der Waals surface area contributed by atoms with Crippen LogP contribution in [0.4, 0.5) is 22.7 Å². The van der Waals surface area contributed by atoms with Gasteiger partial charge in [0.25, 0.3) is 0 Å². The first-order valence-electron chi connectivity index (χ1n) is 15.4. The molecule has 0 fully saturated rings. The number of fused-ring (bicyclic) bond motifs is 1. The van der Waals surface area contributed by atoms with E-state index < -0.39 is 34.2 Å². The third-order valence-corrected chi connectivity index (χ3v) is 8.74. The minimum atomic E-state index is -0.914. The molecule has 0 unspecified atom stereocenters. The number of phenols is 5. The van der Waals surface area contributed by atoms with Crippen LogP contribution in [0.5, 0.6) is 34.5 Å². The Labute approximate surface area is 318 Å². The summed E-state index contributed by atoms with van der Waals surface area (Å²) in [5.74, 6) is -3.72. The predicted molar refractivity (Wildman–Crippen MR) is 165 cm³/mol. The lowest BCUT2D eigenvalue weighted by Crippen LogP contribution is -3.08. The standard InChI is InChI=1S/C31H46N4O8.4BrH/c1-9-32(10-2)19-17(20(33(11-3)12-4)27(40)28(41)26(19)39)31-29(42)24(37)18-23(36)21(34(13-5)14-6)25(38)22(30(18)43-31)35(15-7)16-8;;;;/h36,38-42H,9-16H2,1-8H3;4*1H. The van der Waals surface area contributed by atoms with Crippen molar-refractivity contribution in [3.8, 4) is 45.8 Å². The summed E-state index contributed by atoms with van der Waals surface area (Å²) in [5, 5.41) is 67.7. The molecular formula is C31H50Br4N4O8. The average Bonchev–Trinajstić information content (AvgIpc) is 3.00. The Kier molecular flexibility index (Phi) is 20.2. The van der Waals surface area contributed by atoms with Crippen molar-refractivity contribution < 1.29 is 123 Å². The fourth-order valence-electron chi connectivity index (χ4n) is 6.26. The molecule has 1 heterocycles. The summed E-state index contributed by atoms with van der Waals surface area (Å²) in [6.45, 7) is 19.0. The Balaban J connectivity index is 0. The highest BCUT2D eigenvalue weighted by Gasteiger charge is 2.41. The van der Waals surface area contributed by atoms with Crippen LogP contribution in [-0.4, -0.2) is 83.0 Å². The molecule has 2 aromatic carbocycles. The Morgan fingerprint density at radius 2 is 0.787 bits per heavy atom. The van der Waals surface area contributed by atoms with Crippen molar-refractivity contribution in [2.45, 2.75) is 55.4 Å². The number of aromatic hydroxyl groups is 6. The highest BCUT2D eigenvalue weighted by Crippen LogP contribution is 2.53. The van der Waals surface area contributed by atoms with Crippen molar-refractivity contribution >= 4 is 33.7 Å². The zero-order valence-corrected chi connectivity index (χ0v) is 34.5. The van der Waals surface area contributed by atoms with Crippen LogP contribution in [0.3, 0.4) is 0 Å². The Bertz CT molecular complexity index is 1500. The van der Waals surface area contributed by atoms with Crippen molar-refractivity contribution in [3.05, 3.63) is 10.2 Å². The van der Waals surface area contributed by atoms with Crippen LogP contribution in [0.15, 0.2) is 9.21 Å². The number of hydrogen-bond donors (Lipinski definition) is 10. The van der Waals surface area contributed by atoms with Gasteiger partial charge in [-0.1, -0.05) is 0 Å². The SMILES string of the molecule is CC[NH+](CC)c1c(O)c(O)c(O)c([NH+](CC)CC)c1-c1oc2c([NH+](CC)CC)c(O)c([NH+](CC)CC)c(O)c2c(=O)c1O.[Br-].[Br-].[Br-].[Br-]. The van der Waals surface area contributed by atoms with Gasteiger partial charge in [0.15, 0.2) is 28.4 Å². The van der Waals surface area contributed by atoms with E-state index in [1.807, 2.05) is 55.4 Å². The van der Waals surface area contributed by atoms with E-state index in [1.54, 1.807) is 0 Å². The largest absolute Gasteiger partial charge is 1.00 e. The summed E-state index contributed by atoms with van der Waals surface area (Å²) in [7, 11) is 0. The number of phenolic OH excluding ortho intramolecular Hbond substituents is 5. The normalized spacial score (nSPS) is 11.1. The molecule has 10 N–H and O–H groups in total. The van der Waals surface area contributed by atoms with Gasteiger partial charge >= 0.3 is 0 Å². The van der Waals surface area contributed by atoms with Gasteiger partial charge < -0.3 is 103 Å². The van der Waals surface area contributed by atoms with Gasteiger partial charge in [-0.15, -0.1) is 0 Å². The summed E-state index contributed by atoms with van der Waals surface area (Å²) in [4.78, 5) is 17.0. The molecule has 0 aliphatic heterocycles. The number of benzene rings is 2. The van der Waals surface area contributed by atoms with E-state index in [0.717, 1.165) is 9.80 Å². The van der Waals surface area contributed by atoms with Crippen LogP contribution in [0, 0.1) is 0 Å². The first-order chi connectivity index (χ1) is 20.4. The summed E-state index contributed by atoms with van der Waals surface area (Å²) in [6, 6.07) is 0. The quantitative estimate of drug-likeness (QED) is 0.0597. The smallest absolute Gasteiger partial charge is 0.247 e. The van der Waals surface area contributed by atoms with Gasteiger partial charge in [0.2, 0.25) is 51.1 Å². The molecule has 16 heteroatoms. The van der Waals surface area contributed by atoms with E-state index in [9.17, 15) is 35.4 Å². The van der Waals surface area contributed by atoms with E-state index in [4.69, 9.17) is 4.42 Å². The molecule has 47 heavy (non-hydrogen) atoms. The van der Waals surface area contributed by atoms with Crippen LogP contribution in [0.2, 0.25) is 0 Å². The Hall–Kier alpha value is -1.79. The minimum Gasteiger partial charge on any atom is -1.00 e. The second kappa shape index (κ2) is 20.0. The van der Waals surface area contributed by atoms with E-state index in [0.29, 0.717) is 62.2 Å². The lowest BCUT2D eigenvalue weighted by molar-refractivity contribution is -0.834. The van der Waals surface area contributed by atoms with Crippen LogP contribution >= 0.6 is 0 Å². The number of quaternary nitrogens is 4. The first kappa shape index (κ1) is 47.3. The van der Waals surface area contributed by atoms with Gasteiger partial charge in [-0.3, -0.25) is 24.4 Å². The predicted octanol–water partition coefficient (Wildman–Crippen LogP) is -12.1. The number of halogens is 4. The molecular weight excluding hydrogens is 876 g/mol. The van der Waals surface area contributed by atoms with Gasteiger partial charge in [-0.05, 0) is 55.4 Å². The summed E-state index contributed by atoms with van der Waals surface area (Å²) in [6.07, 6.45) is 0. The fraction of sp³-hybridized carbons (Fsp3) is 0.516. The molecule has 0 aliphatic carbocycles. The number of nitrogens with one attached hydrogen (secondary N) is 4. The van der Waals surface area contributed by atoms with E-state index in [-0.39, 0.29) is 119 Å². The summed E-state index contributed by atoms with van der Waals surface area (Å²) >= 11 is 0. The molecule has 0 spiro atoms. The molecule has 0 radical (unpaired) electrons. The van der Waals surface area contributed by atoms with Crippen LogP contribution < -0.4 is 93.0 Å². The van der Waals surface area contributed by atoms with Gasteiger partial charge in [0.1, 0.15) is 5.39 Å². The summed E-state index contributed by atoms with van der Waals surface area (Å²) < 4.78 is 6.42. The maximum atomic E-state index is 14.1. The molecule has 0 bridgehead atoms. The third-order valence-electron chi connectivity index (χ3n) is 8.74. The third kappa shape index (κ3) is 8.17. The highest BCUT2D eigenvalue weighted by molar-refractivity contribution is 6.01. The minimum absolute atomic E-state index is 0. The first-order valence-corrected chi connectivity index (χ1v) is 15.4. The van der Waals surface area contributed by atoms with Crippen molar-refractivity contribution in [1.29, 1.82) is 0 Å². The van der Waals surface area contributed by atoms with E-state index in [2.05, 4.69) is 0 Å². The molecule has 0 aliphatic rings. The second-order valence-electron chi connectivity index (χ2n) is 10.7. The maximum absolute atomic E-state index is 14.1. The fourth-order valence-corrected chi connectivity index (χ4v) is 6.26.